The predicted molar refractivity (Wildman–Crippen MR) is 145 cm³/mol. The lowest BCUT2D eigenvalue weighted by atomic mass is 10.1. The molecule has 0 bridgehead atoms. The molecular weight excluding hydrogens is 542 g/mol. The fourth-order valence-electron chi connectivity index (χ4n) is 3.46. The van der Waals surface area contributed by atoms with Gasteiger partial charge in [0.05, 0.1) is 42.5 Å². The molecule has 0 fully saturated rings. The minimum atomic E-state index is -0.966. The number of aromatic hydroxyl groups is 2. The summed E-state index contributed by atoms with van der Waals surface area (Å²) < 4.78 is 29.5. The molecule has 2 aromatic rings. The van der Waals surface area contributed by atoms with Crippen LogP contribution in [0.2, 0.25) is 0 Å². The Morgan fingerprint density at radius 2 is 0.927 bits per heavy atom. The van der Waals surface area contributed by atoms with Gasteiger partial charge in [-0.05, 0) is 47.5 Å². The van der Waals surface area contributed by atoms with Crippen LogP contribution in [0.25, 0.3) is 12.2 Å². The van der Waals surface area contributed by atoms with Crippen LogP contribution in [-0.4, -0.2) is 94.2 Å². The number of phenols is 2. The number of carbonyl (C=O) groups is 4. The largest absolute Gasteiger partial charge is 0.502 e. The molecule has 0 aromatic heterocycles. The molecule has 0 unspecified atom stereocenters. The van der Waals surface area contributed by atoms with E-state index in [1.165, 1.54) is 79.0 Å². The number of carbonyl (C=O) groups excluding carboxylic acids is 4. The monoisotopic (exact) mass is 574 g/mol. The summed E-state index contributed by atoms with van der Waals surface area (Å²) >= 11 is 0. The molecular formula is C28H32NO12+. The minimum absolute atomic E-state index is 0.120. The highest BCUT2D eigenvalue weighted by Crippen LogP contribution is 2.38. The molecule has 0 aliphatic carbocycles. The van der Waals surface area contributed by atoms with Crippen molar-refractivity contribution < 1.29 is 62.3 Å². The van der Waals surface area contributed by atoms with E-state index in [9.17, 15) is 29.4 Å². The summed E-state index contributed by atoms with van der Waals surface area (Å²) in [6, 6.07) is 5.79. The zero-order chi connectivity index (χ0) is 30.7. The standard InChI is InChI=1S/C28H31NO12/c1-29(2,15-25(32)40-23(30)9-7-17-11-19(36-3)27(34)20(12-17)37-4)16-26(33)41-24(31)10-8-18-13-21(38-5)28(35)22(14-18)39-6/h7-14H,15-16H2,1-6H3,(H-,30,31,34,35)/p+1. The highest BCUT2D eigenvalue weighted by molar-refractivity contribution is 5.96. The van der Waals surface area contributed by atoms with E-state index in [1.54, 1.807) is 0 Å². The lowest BCUT2D eigenvalue weighted by molar-refractivity contribution is -0.875. The molecule has 2 rings (SSSR count). The normalized spacial score (nSPS) is 11.3. The van der Waals surface area contributed by atoms with Gasteiger partial charge in [-0.25, -0.2) is 19.2 Å². The number of methoxy groups -OCH3 is 4. The van der Waals surface area contributed by atoms with Gasteiger partial charge < -0.3 is 43.1 Å². The van der Waals surface area contributed by atoms with Crippen LogP contribution in [0.1, 0.15) is 11.1 Å². The van der Waals surface area contributed by atoms with Gasteiger partial charge in [-0.1, -0.05) is 0 Å². The van der Waals surface area contributed by atoms with Crippen LogP contribution >= 0.6 is 0 Å². The maximum absolute atomic E-state index is 12.3. The first-order chi connectivity index (χ1) is 19.3. The van der Waals surface area contributed by atoms with Gasteiger partial charge in [0, 0.05) is 12.2 Å². The molecule has 0 saturated carbocycles. The van der Waals surface area contributed by atoms with E-state index in [4.69, 9.17) is 28.4 Å². The molecule has 0 radical (unpaired) electrons. The zero-order valence-electron chi connectivity index (χ0n) is 23.5. The number of ether oxygens (including phenoxy) is 6. The van der Waals surface area contributed by atoms with Gasteiger partial charge in [0.25, 0.3) is 0 Å². The highest BCUT2D eigenvalue weighted by atomic mass is 16.6. The van der Waals surface area contributed by atoms with Gasteiger partial charge in [0.2, 0.25) is 11.5 Å². The molecule has 0 aliphatic heterocycles. The molecule has 0 atom stereocenters. The second kappa shape index (κ2) is 14.4. The van der Waals surface area contributed by atoms with Crippen LogP contribution in [0.15, 0.2) is 36.4 Å². The highest BCUT2D eigenvalue weighted by Gasteiger charge is 2.27. The van der Waals surface area contributed by atoms with Crippen LogP contribution < -0.4 is 18.9 Å². The summed E-state index contributed by atoms with van der Waals surface area (Å²) in [5.74, 6) is -3.70. The van der Waals surface area contributed by atoms with E-state index in [0.717, 1.165) is 12.2 Å². The molecule has 0 amide bonds. The number of hydrogen-bond acceptors (Lipinski definition) is 12. The molecule has 13 nitrogen and oxygen atoms in total. The van der Waals surface area contributed by atoms with Crippen LogP contribution in [0.5, 0.6) is 34.5 Å². The summed E-state index contributed by atoms with van der Waals surface area (Å²) in [6.45, 7) is -0.765. The second-order valence-electron chi connectivity index (χ2n) is 9.05. The Bertz CT molecular complexity index is 1210. The van der Waals surface area contributed by atoms with Crippen molar-refractivity contribution in [3.8, 4) is 34.5 Å². The lowest BCUT2D eigenvalue weighted by Gasteiger charge is -2.26. The third-order valence-electron chi connectivity index (χ3n) is 5.37. The van der Waals surface area contributed by atoms with Gasteiger partial charge >= 0.3 is 23.9 Å². The van der Waals surface area contributed by atoms with Crippen molar-refractivity contribution in [3.63, 3.8) is 0 Å². The van der Waals surface area contributed by atoms with Crippen molar-refractivity contribution in [3.05, 3.63) is 47.5 Å². The van der Waals surface area contributed by atoms with Crippen LogP contribution in [0.3, 0.4) is 0 Å². The number of phenolic OH excluding ortho intramolecular Hbond substituents is 2. The average molecular weight is 575 g/mol. The summed E-state index contributed by atoms with van der Waals surface area (Å²) in [4.78, 5) is 48.8. The summed E-state index contributed by atoms with van der Waals surface area (Å²) in [7, 11) is 8.42. The first-order valence-corrected chi connectivity index (χ1v) is 11.9. The molecule has 0 spiro atoms. The van der Waals surface area contributed by atoms with Gasteiger partial charge in [-0.3, -0.25) is 0 Å². The predicted octanol–water partition coefficient (Wildman–Crippen LogP) is 2.07. The van der Waals surface area contributed by atoms with Gasteiger partial charge in [-0.2, -0.15) is 0 Å². The number of likely N-dealkylation sites (N-methyl/N-ethyl adjacent to an activating group) is 1. The van der Waals surface area contributed by atoms with Crippen LogP contribution in [-0.2, 0) is 28.7 Å². The molecule has 41 heavy (non-hydrogen) atoms. The summed E-state index contributed by atoms with van der Waals surface area (Å²) in [6.07, 6.45) is 4.67. The molecule has 0 aliphatic rings. The van der Waals surface area contributed by atoms with E-state index in [-0.39, 0.29) is 52.1 Å². The van der Waals surface area contributed by atoms with E-state index in [1.807, 2.05) is 0 Å². The Hall–Kier alpha value is -5.04. The van der Waals surface area contributed by atoms with E-state index < -0.39 is 23.9 Å². The SMILES string of the molecule is COc1cc(/C=C/C(=O)OC(=O)C[N+](C)(C)CC(=O)OC(=O)/C=C/c2cc(OC)c(O)c(OC)c2)cc(OC)c1O. The number of esters is 4. The maximum atomic E-state index is 12.3. The van der Waals surface area contributed by atoms with E-state index >= 15 is 0 Å². The number of benzene rings is 2. The van der Waals surface area contributed by atoms with Gasteiger partial charge in [0.15, 0.2) is 36.1 Å². The Kier molecular flexibility index (Phi) is 11.3. The van der Waals surface area contributed by atoms with Crippen molar-refractivity contribution in [1.82, 2.24) is 0 Å². The number of hydrogen-bond donors (Lipinski definition) is 2. The third kappa shape index (κ3) is 9.58. The van der Waals surface area contributed by atoms with Crippen molar-refractivity contribution >= 4 is 36.0 Å². The molecule has 13 heteroatoms. The zero-order valence-corrected chi connectivity index (χ0v) is 23.5. The van der Waals surface area contributed by atoms with Gasteiger partial charge in [0.1, 0.15) is 0 Å². The number of nitrogens with zero attached hydrogens (tertiary/aromatic N) is 1. The Balaban J connectivity index is 1.92. The smallest absolute Gasteiger partial charge is 0.369 e. The number of quaternary nitrogens is 1. The van der Waals surface area contributed by atoms with Crippen LogP contribution in [0.4, 0.5) is 0 Å². The first-order valence-electron chi connectivity index (χ1n) is 11.9. The van der Waals surface area contributed by atoms with E-state index in [0.29, 0.717) is 11.1 Å². The molecule has 220 valence electrons. The van der Waals surface area contributed by atoms with E-state index in [2.05, 4.69) is 0 Å². The third-order valence-corrected chi connectivity index (χ3v) is 5.37. The fourth-order valence-corrected chi connectivity index (χ4v) is 3.46. The minimum Gasteiger partial charge on any atom is -0.502 e. The average Bonchev–Trinajstić information content (AvgIpc) is 2.90. The molecule has 2 aromatic carbocycles. The quantitative estimate of drug-likeness (QED) is 0.164. The Morgan fingerprint density at radius 3 is 1.20 bits per heavy atom. The lowest BCUT2D eigenvalue weighted by Crippen LogP contribution is -2.48. The molecule has 2 N–H and O–H groups in total. The van der Waals surface area contributed by atoms with Crippen LogP contribution in [0, 0.1) is 0 Å². The summed E-state index contributed by atoms with van der Waals surface area (Å²) in [5.41, 5.74) is 0.865. The van der Waals surface area contributed by atoms with Gasteiger partial charge in [-0.15, -0.1) is 0 Å². The van der Waals surface area contributed by atoms with Crippen molar-refractivity contribution in [1.29, 1.82) is 0 Å². The maximum Gasteiger partial charge on any atom is 0.369 e. The van der Waals surface area contributed by atoms with Crippen molar-refractivity contribution in [2.45, 2.75) is 0 Å². The first kappa shape index (κ1) is 32.2. The second-order valence-corrected chi connectivity index (χ2v) is 9.05. The molecule has 0 saturated heterocycles. The topological polar surface area (TPSA) is 164 Å². The summed E-state index contributed by atoms with van der Waals surface area (Å²) in [5, 5.41) is 19.9. The fraction of sp³-hybridized carbons (Fsp3) is 0.286. The van der Waals surface area contributed by atoms with Crippen molar-refractivity contribution in [2.75, 3.05) is 55.6 Å². The molecule has 0 heterocycles. The Labute approximate surface area is 236 Å². The van der Waals surface area contributed by atoms with Crippen molar-refractivity contribution in [2.24, 2.45) is 0 Å². The number of rotatable bonds is 12. The Morgan fingerprint density at radius 1 is 0.634 bits per heavy atom.